The minimum absolute atomic E-state index is 0.0553. The first-order valence-electron chi connectivity index (χ1n) is 8.80. The number of alkyl halides is 3. The normalized spacial score (nSPS) is 17.2. The Morgan fingerprint density at radius 2 is 2.00 bits per heavy atom. The van der Waals surface area contributed by atoms with Crippen LogP contribution in [-0.4, -0.2) is 22.6 Å². The van der Waals surface area contributed by atoms with Gasteiger partial charge in [0, 0.05) is 29.2 Å². The molecule has 1 aliphatic heterocycles. The molecule has 0 saturated carbocycles. The van der Waals surface area contributed by atoms with E-state index >= 15 is 0 Å². The lowest BCUT2D eigenvalue weighted by atomic mass is 10.1. The number of nitrogens with zero attached hydrogens (tertiary/aromatic N) is 3. The van der Waals surface area contributed by atoms with Crippen LogP contribution in [0.2, 0.25) is 5.02 Å². The largest absolute Gasteiger partial charge is 0.416 e. The Morgan fingerprint density at radius 1 is 1.21 bits per heavy atom. The molecule has 0 aliphatic carbocycles. The van der Waals surface area contributed by atoms with Crippen molar-refractivity contribution in [3.63, 3.8) is 0 Å². The van der Waals surface area contributed by atoms with Crippen molar-refractivity contribution >= 4 is 23.2 Å². The molecule has 0 N–H and O–H groups in total. The summed E-state index contributed by atoms with van der Waals surface area (Å²) in [5, 5.41) is 4.39. The molecular weight excluding hydrogens is 407 g/mol. The summed E-state index contributed by atoms with van der Waals surface area (Å²) in [6.45, 7) is 2.20. The van der Waals surface area contributed by atoms with Gasteiger partial charge in [0.15, 0.2) is 0 Å². The quantitative estimate of drug-likeness (QED) is 0.580. The van der Waals surface area contributed by atoms with Gasteiger partial charge in [0.2, 0.25) is 17.6 Å². The van der Waals surface area contributed by atoms with Crippen LogP contribution in [0.1, 0.15) is 29.4 Å². The van der Waals surface area contributed by atoms with Crippen LogP contribution in [0.4, 0.5) is 18.9 Å². The summed E-state index contributed by atoms with van der Waals surface area (Å²) in [5.74, 6) is -0.164. The van der Waals surface area contributed by atoms with E-state index < -0.39 is 11.7 Å². The zero-order chi connectivity index (χ0) is 20.8. The lowest BCUT2D eigenvalue weighted by Gasteiger charge is -2.18. The Bertz CT molecular complexity index is 1080. The van der Waals surface area contributed by atoms with Gasteiger partial charge in [-0.2, -0.15) is 18.2 Å². The molecule has 1 amide bonds. The van der Waals surface area contributed by atoms with E-state index in [1.165, 1.54) is 12.1 Å². The van der Waals surface area contributed by atoms with Crippen molar-refractivity contribution in [3.8, 4) is 11.4 Å². The van der Waals surface area contributed by atoms with Crippen LogP contribution in [0.25, 0.3) is 11.4 Å². The number of halogens is 4. The maximum atomic E-state index is 12.9. The van der Waals surface area contributed by atoms with Crippen molar-refractivity contribution in [2.45, 2.75) is 25.4 Å². The molecule has 0 spiro atoms. The lowest BCUT2D eigenvalue weighted by Crippen LogP contribution is -2.25. The number of rotatable bonds is 3. The molecule has 1 atom stereocenters. The van der Waals surface area contributed by atoms with Crippen LogP contribution in [0.15, 0.2) is 47.0 Å². The summed E-state index contributed by atoms with van der Waals surface area (Å²) >= 11 is 5.98. The van der Waals surface area contributed by atoms with E-state index in [0.29, 0.717) is 11.6 Å². The second kappa shape index (κ2) is 7.18. The fourth-order valence-corrected chi connectivity index (χ4v) is 3.61. The average molecular weight is 422 g/mol. The van der Waals surface area contributed by atoms with E-state index in [9.17, 15) is 18.0 Å². The van der Waals surface area contributed by atoms with Gasteiger partial charge in [-0.1, -0.05) is 28.9 Å². The number of aromatic nitrogens is 2. The lowest BCUT2D eigenvalue weighted by molar-refractivity contribution is -0.137. The van der Waals surface area contributed by atoms with Crippen molar-refractivity contribution in [1.82, 2.24) is 10.1 Å². The van der Waals surface area contributed by atoms with Crippen LogP contribution < -0.4 is 4.90 Å². The second-order valence-corrected chi connectivity index (χ2v) is 7.31. The zero-order valence-electron chi connectivity index (χ0n) is 15.2. The molecule has 150 valence electrons. The van der Waals surface area contributed by atoms with Crippen molar-refractivity contribution in [3.05, 3.63) is 64.5 Å². The Hall–Kier alpha value is -2.87. The number of aryl methyl sites for hydroxylation is 1. The SMILES string of the molecule is Cc1cc(Cl)ccc1N1CC(c2nc(-c3cccc(C(F)(F)F)c3)no2)CC1=O. The van der Waals surface area contributed by atoms with E-state index in [1.54, 1.807) is 23.1 Å². The fraction of sp³-hybridized carbons (Fsp3) is 0.250. The van der Waals surface area contributed by atoms with Gasteiger partial charge in [-0.25, -0.2) is 0 Å². The Morgan fingerprint density at radius 3 is 2.72 bits per heavy atom. The summed E-state index contributed by atoms with van der Waals surface area (Å²) in [5.41, 5.74) is 1.02. The fourth-order valence-electron chi connectivity index (χ4n) is 3.38. The van der Waals surface area contributed by atoms with Crippen LogP contribution in [0, 0.1) is 6.92 Å². The van der Waals surface area contributed by atoms with Crippen molar-refractivity contribution in [2.75, 3.05) is 11.4 Å². The monoisotopic (exact) mass is 421 g/mol. The van der Waals surface area contributed by atoms with Crippen molar-refractivity contribution in [2.24, 2.45) is 0 Å². The van der Waals surface area contributed by atoms with Crippen LogP contribution in [0.5, 0.6) is 0 Å². The van der Waals surface area contributed by atoms with Crippen LogP contribution in [-0.2, 0) is 11.0 Å². The number of hydrogen-bond donors (Lipinski definition) is 0. The molecule has 0 bridgehead atoms. The Labute approximate surface area is 169 Å². The number of anilines is 1. The number of carbonyl (C=O) groups excluding carboxylic acids is 1. The second-order valence-electron chi connectivity index (χ2n) is 6.87. The molecule has 4 rings (SSSR count). The van der Waals surface area contributed by atoms with E-state index in [-0.39, 0.29) is 35.5 Å². The number of benzene rings is 2. The van der Waals surface area contributed by atoms with Gasteiger partial charge in [-0.05, 0) is 42.8 Å². The van der Waals surface area contributed by atoms with E-state index in [1.807, 2.05) is 6.92 Å². The van der Waals surface area contributed by atoms with Gasteiger partial charge in [-0.15, -0.1) is 0 Å². The molecular formula is C20H15ClF3N3O2. The Balaban J connectivity index is 1.57. The third-order valence-corrected chi connectivity index (χ3v) is 5.05. The van der Waals surface area contributed by atoms with Crippen LogP contribution >= 0.6 is 11.6 Å². The van der Waals surface area contributed by atoms with Crippen LogP contribution in [0.3, 0.4) is 0 Å². The van der Waals surface area contributed by atoms with Crippen molar-refractivity contribution < 1.29 is 22.5 Å². The smallest absolute Gasteiger partial charge is 0.339 e. The Kier molecular flexibility index (Phi) is 4.82. The average Bonchev–Trinajstić information content (AvgIpc) is 3.28. The van der Waals surface area contributed by atoms with E-state index in [4.69, 9.17) is 16.1 Å². The van der Waals surface area contributed by atoms with Gasteiger partial charge >= 0.3 is 6.18 Å². The minimum atomic E-state index is -4.46. The molecule has 2 heterocycles. The molecule has 0 radical (unpaired) electrons. The highest BCUT2D eigenvalue weighted by Crippen LogP contribution is 2.35. The van der Waals surface area contributed by atoms with E-state index in [2.05, 4.69) is 10.1 Å². The van der Waals surface area contributed by atoms with Gasteiger partial charge < -0.3 is 9.42 Å². The number of carbonyl (C=O) groups is 1. The first-order chi connectivity index (χ1) is 13.7. The summed E-state index contributed by atoms with van der Waals surface area (Å²) < 4.78 is 44.0. The molecule has 1 unspecified atom stereocenters. The number of amides is 1. The highest BCUT2D eigenvalue weighted by molar-refractivity contribution is 6.30. The summed E-state index contributed by atoms with van der Waals surface area (Å²) in [4.78, 5) is 18.4. The molecule has 1 aliphatic rings. The van der Waals surface area contributed by atoms with Gasteiger partial charge in [0.05, 0.1) is 11.5 Å². The minimum Gasteiger partial charge on any atom is -0.339 e. The van der Waals surface area contributed by atoms with Crippen molar-refractivity contribution in [1.29, 1.82) is 0 Å². The zero-order valence-corrected chi connectivity index (χ0v) is 16.0. The predicted molar refractivity (Wildman–Crippen MR) is 101 cm³/mol. The summed E-state index contributed by atoms with van der Waals surface area (Å²) in [6, 6.07) is 9.98. The van der Waals surface area contributed by atoms with Gasteiger partial charge in [0.25, 0.3) is 0 Å². The molecule has 1 fully saturated rings. The highest BCUT2D eigenvalue weighted by Gasteiger charge is 2.36. The molecule has 5 nitrogen and oxygen atoms in total. The first kappa shape index (κ1) is 19.4. The summed E-state index contributed by atoms with van der Waals surface area (Å²) in [7, 11) is 0. The number of hydrogen-bond acceptors (Lipinski definition) is 4. The molecule has 1 aromatic heterocycles. The van der Waals surface area contributed by atoms with Gasteiger partial charge in [0.1, 0.15) is 0 Å². The molecule has 1 saturated heterocycles. The molecule has 3 aromatic rings. The maximum absolute atomic E-state index is 12.9. The third-order valence-electron chi connectivity index (χ3n) is 4.81. The summed E-state index contributed by atoms with van der Waals surface area (Å²) in [6.07, 6.45) is -4.29. The van der Waals surface area contributed by atoms with E-state index in [0.717, 1.165) is 23.4 Å². The first-order valence-corrected chi connectivity index (χ1v) is 9.18. The maximum Gasteiger partial charge on any atom is 0.416 e. The third kappa shape index (κ3) is 3.85. The van der Waals surface area contributed by atoms with Gasteiger partial charge in [-0.3, -0.25) is 4.79 Å². The molecule has 2 aromatic carbocycles. The highest BCUT2D eigenvalue weighted by atomic mass is 35.5. The standard InChI is InChI=1S/C20H15ClF3N3O2/c1-11-7-15(21)5-6-16(11)27-10-13(9-17(27)28)19-25-18(26-29-19)12-3-2-4-14(8-12)20(22,23)24/h2-8,13H,9-10H2,1H3. The molecule has 9 heteroatoms. The predicted octanol–water partition coefficient (Wildman–Crippen LogP) is 5.24. The molecule has 29 heavy (non-hydrogen) atoms. The topological polar surface area (TPSA) is 59.2 Å².